The van der Waals surface area contributed by atoms with Crippen molar-refractivity contribution in [2.24, 2.45) is 7.05 Å². The molecule has 7 nitrogen and oxygen atoms in total. The van der Waals surface area contributed by atoms with Gasteiger partial charge in [0.2, 0.25) is 5.91 Å². The van der Waals surface area contributed by atoms with Gasteiger partial charge in [0.25, 0.3) is 11.1 Å². The van der Waals surface area contributed by atoms with Crippen molar-refractivity contribution in [2.75, 3.05) is 18.8 Å². The largest absolute Gasteiger partial charge is 0.354 e. The van der Waals surface area contributed by atoms with Gasteiger partial charge in [-0.05, 0) is 41.6 Å². The van der Waals surface area contributed by atoms with E-state index in [2.05, 4.69) is 10.3 Å². The Hall–Kier alpha value is -2.75. The molecule has 3 aromatic rings. The van der Waals surface area contributed by atoms with Crippen LogP contribution in [0.1, 0.15) is 5.56 Å². The second kappa shape index (κ2) is 9.81. The first-order valence-corrected chi connectivity index (χ1v) is 11.9. The molecule has 3 amide bonds. The summed E-state index contributed by atoms with van der Waals surface area (Å²) < 4.78 is 1.94. The van der Waals surface area contributed by atoms with Crippen molar-refractivity contribution in [1.82, 2.24) is 19.8 Å². The molecule has 1 aromatic heterocycles. The third-order valence-corrected chi connectivity index (χ3v) is 7.08. The number of nitrogens with one attached hydrogen (secondary N) is 1. The van der Waals surface area contributed by atoms with Crippen molar-refractivity contribution < 1.29 is 14.4 Å². The number of hydrogen-bond acceptors (Lipinski definition) is 6. The molecule has 2 heterocycles. The van der Waals surface area contributed by atoms with Crippen molar-refractivity contribution in [3.8, 4) is 0 Å². The van der Waals surface area contributed by atoms with Gasteiger partial charge in [-0.1, -0.05) is 53.7 Å². The lowest BCUT2D eigenvalue weighted by molar-refractivity contribution is -0.123. The van der Waals surface area contributed by atoms with Crippen LogP contribution in [0, 0.1) is 0 Å². The van der Waals surface area contributed by atoms with Crippen LogP contribution in [-0.4, -0.2) is 50.3 Å². The Balaban J connectivity index is 1.28. The second-order valence-electron chi connectivity index (χ2n) is 6.94. The third kappa shape index (κ3) is 4.85. The molecule has 0 bridgehead atoms. The molecule has 1 N–H and O–H groups in total. The fourth-order valence-corrected chi connectivity index (χ4v) is 5.03. The number of imidazole rings is 1. The topological polar surface area (TPSA) is 84.3 Å². The van der Waals surface area contributed by atoms with Crippen molar-refractivity contribution >= 4 is 69.3 Å². The maximum absolute atomic E-state index is 12.6. The van der Waals surface area contributed by atoms with Crippen LogP contribution >= 0.6 is 35.1 Å². The van der Waals surface area contributed by atoms with E-state index in [0.717, 1.165) is 32.9 Å². The predicted molar refractivity (Wildman–Crippen MR) is 129 cm³/mol. The highest BCUT2D eigenvalue weighted by Crippen LogP contribution is 2.33. The maximum atomic E-state index is 12.6. The number of aromatic nitrogens is 2. The summed E-state index contributed by atoms with van der Waals surface area (Å²) in [6.45, 7) is 0.284. The number of carbonyl (C=O) groups excluding carboxylic acids is 3. The highest BCUT2D eigenvalue weighted by molar-refractivity contribution is 8.18. The molecule has 0 saturated carbocycles. The highest BCUT2D eigenvalue weighted by Gasteiger charge is 2.34. The van der Waals surface area contributed by atoms with E-state index in [1.807, 2.05) is 41.9 Å². The summed E-state index contributed by atoms with van der Waals surface area (Å²) in [6.07, 6.45) is 1.61. The molecule has 10 heteroatoms. The smallest absolute Gasteiger partial charge is 0.293 e. The summed E-state index contributed by atoms with van der Waals surface area (Å²) in [5, 5.41) is 3.64. The summed E-state index contributed by atoms with van der Waals surface area (Å²) in [5.74, 6) is -0.394. The monoisotopic (exact) mass is 486 g/mol. The molecule has 0 unspecified atom stereocenters. The van der Waals surface area contributed by atoms with Crippen LogP contribution in [0.15, 0.2) is 58.6 Å². The van der Waals surface area contributed by atoms with Gasteiger partial charge in [0.1, 0.15) is 0 Å². The predicted octanol–water partition coefficient (Wildman–Crippen LogP) is 4.17. The van der Waals surface area contributed by atoms with E-state index in [1.165, 1.54) is 11.8 Å². The molecule has 1 aliphatic heterocycles. The van der Waals surface area contributed by atoms with Crippen molar-refractivity contribution in [1.29, 1.82) is 0 Å². The fraction of sp³-hybridized carbons (Fsp3) is 0.182. The SMILES string of the molecule is Cn1c(SCC(=O)NCCN2C(=O)S/C(=C\c3ccccc3Cl)C2=O)nc2ccccc21. The standard InChI is InChI=1S/C22H19ClN4O3S2/c1-26-17-9-5-4-8-16(17)25-21(26)31-13-19(28)24-10-11-27-20(29)18(32-22(27)30)12-14-6-2-3-7-15(14)23/h2-9,12H,10-11,13H2,1H3,(H,24,28)/b18-12-. The van der Waals surface area contributed by atoms with Crippen LogP contribution in [-0.2, 0) is 16.6 Å². The lowest BCUT2D eigenvalue weighted by Crippen LogP contribution is -2.37. The number of benzene rings is 2. The first kappa shape index (κ1) is 22.4. The molecule has 4 rings (SSSR count). The summed E-state index contributed by atoms with van der Waals surface area (Å²) in [6, 6.07) is 14.9. The molecule has 1 fully saturated rings. The van der Waals surface area contributed by atoms with Gasteiger partial charge in [-0.15, -0.1) is 0 Å². The van der Waals surface area contributed by atoms with Crippen LogP contribution in [0.25, 0.3) is 17.1 Å². The lowest BCUT2D eigenvalue weighted by Gasteiger charge is -2.13. The normalized spacial score (nSPS) is 15.2. The fourth-order valence-electron chi connectivity index (χ4n) is 3.17. The van der Waals surface area contributed by atoms with Gasteiger partial charge >= 0.3 is 0 Å². The summed E-state index contributed by atoms with van der Waals surface area (Å²) in [4.78, 5) is 43.0. The molecule has 164 valence electrons. The van der Waals surface area contributed by atoms with Gasteiger partial charge in [0, 0.05) is 25.2 Å². The van der Waals surface area contributed by atoms with E-state index in [4.69, 9.17) is 11.6 Å². The van der Waals surface area contributed by atoms with Crippen molar-refractivity contribution in [3.63, 3.8) is 0 Å². The van der Waals surface area contributed by atoms with E-state index in [0.29, 0.717) is 15.5 Å². The zero-order valence-corrected chi connectivity index (χ0v) is 19.5. The second-order valence-corrected chi connectivity index (χ2v) is 9.28. The summed E-state index contributed by atoms with van der Waals surface area (Å²) in [7, 11) is 1.91. The molecular weight excluding hydrogens is 468 g/mol. The molecule has 0 radical (unpaired) electrons. The Morgan fingerprint density at radius 2 is 1.94 bits per heavy atom. The summed E-state index contributed by atoms with van der Waals surface area (Å²) in [5.41, 5.74) is 2.55. The average Bonchev–Trinajstić information content (AvgIpc) is 3.24. The molecule has 32 heavy (non-hydrogen) atoms. The first-order valence-electron chi connectivity index (χ1n) is 9.75. The third-order valence-electron chi connectivity index (χ3n) is 4.80. The number of amides is 3. The molecule has 0 spiro atoms. The number of carbonyl (C=O) groups is 3. The Labute approximate surface area is 198 Å². The van der Waals surface area contributed by atoms with Crippen molar-refractivity contribution in [2.45, 2.75) is 5.16 Å². The van der Waals surface area contributed by atoms with Gasteiger partial charge in [-0.2, -0.15) is 0 Å². The molecule has 2 aromatic carbocycles. The van der Waals surface area contributed by atoms with Crippen LogP contribution in [0.2, 0.25) is 5.02 Å². The Bertz CT molecular complexity index is 1240. The number of para-hydroxylation sites is 2. The van der Waals surface area contributed by atoms with E-state index in [9.17, 15) is 14.4 Å². The highest BCUT2D eigenvalue weighted by atomic mass is 35.5. The number of nitrogens with zero attached hydrogens (tertiary/aromatic N) is 3. The van der Waals surface area contributed by atoms with E-state index >= 15 is 0 Å². The van der Waals surface area contributed by atoms with Crippen molar-refractivity contribution in [3.05, 3.63) is 64.0 Å². The van der Waals surface area contributed by atoms with Gasteiger partial charge in [0.05, 0.1) is 21.7 Å². The van der Waals surface area contributed by atoms with E-state index < -0.39 is 0 Å². The number of halogens is 1. The van der Waals surface area contributed by atoms with Gasteiger partial charge in [-0.25, -0.2) is 4.98 Å². The van der Waals surface area contributed by atoms with Crippen LogP contribution in [0.5, 0.6) is 0 Å². The van der Waals surface area contributed by atoms with Gasteiger partial charge in [0.15, 0.2) is 5.16 Å². The van der Waals surface area contributed by atoms with E-state index in [-0.39, 0.29) is 35.9 Å². The quantitative estimate of drug-likeness (QED) is 0.398. The van der Waals surface area contributed by atoms with E-state index in [1.54, 1.807) is 24.3 Å². The Kier molecular flexibility index (Phi) is 6.88. The first-order chi connectivity index (χ1) is 15.4. The number of thioether (sulfide) groups is 2. The minimum atomic E-state index is -0.386. The Morgan fingerprint density at radius 1 is 1.19 bits per heavy atom. The van der Waals surface area contributed by atoms with Gasteiger partial charge in [-0.3, -0.25) is 19.3 Å². The van der Waals surface area contributed by atoms with Crippen LogP contribution in [0.4, 0.5) is 4.79 Å². The van der Waals surface area contributed by atoms with Crippen LogP contribution in [0.3, 0.4) is 0 Å². The number of aryl methyl sites for hydroxylation is 1. The minimum absolute atomic E-state index is 0.104. The summed E-state index contributed by atoms with van der Waals surface area (Å²) >= 11 is 8.33. The molecular formula is C22H19ClN4O3S2. The zero-order valence-electron chi connectivity index (χ0n) is 17.1. The lowest BCUT2D eigenvalue weighted by atomic mass is 10.2. The molecule has 0 atom stereocenters. The number of fused-ring (bicyclic) bond motifs is 1. The minimum Gasteiger partial charge on any atom is -0.354 e. The average molecular weight is 487 g/mol. The molecule has 1 aliphatic rings. The van der Waals surface area contributed by atoms with Gasteiger partial charge < -0.3 is 9.88 Å². The van der Waals surface area contributed by atoms with Crippen LogP contribution < -0.4 is 5.32 Å². The number of imide groups is 1. The zero-order chi connectivity index (χ0) is 22.7. The molecule has 1 saturated heterocycles. The number of hydrogen-bond donors (Lipinski definition) is 1. The Morgan fingerprint density at radius 3 is 2.72 bits per heavy atom. The molecule has 0 aliphatic carbocycles. The number of rotatable bonds is 7. The maximum Gasteiger partial charge on any atom is 0.293 e.